The maximum atomic E-state index is 13.9. The molecule has 0 saturated heterocycles. The Hall–Kier alpha value is -5.76. The topological polar surface area (TPSA) is 174 Å². The van der Waals surface area contributed by atoms with Gasteiger partial charge < -0.3 is 26.8 Å². The van der Waals surface area contributed by atoms with Gasteiger partial charge in [0.2, 0.25) is 0 Å². The number of aromatic amines is 2. The first-order valence-electron chi connectivity index (χ1n) is 12.5. The third-order valence-electron chi connectivity index (χ3n) is 6.50. The molecule has 0 saturated carbocycles. The fraction of sp³-hybridized carbons (Fsp3) is 0.0667. The SMILES string of the molecule is C.CNc1cc2[nH]c(=O)n(-c3ccc(N)cc3)c(=O)c2cc1F.Cl.Nc1ccc(-n2c(=O)[nH]c3cc(F)c(F)cc3c2=O)cc1. The Labute approximate surface area is 258 Å². The van der Waals surface area contributed by atoms with Crippen LogP contribution in [0.3, 0.4) is 0 Å². The smallest absolute Gasteiger partial charge is 0.333 e. The Kier molecular flexibility index (Phi) is 9.94. The van der Waals surface area contributed by atoms with Crippen LogP contribution in [-0.4, -0.2) is 26.1 Å². The molecule has 0 bridgehead atoms. The van der Waals surface area contributed by atoms with Gasteiger partial charge in [0.25, 0.3) is 11.1 Å². The lowest BCUT2D eigenvalue weighted by Crippen LogP contribution is -2.33. The minimum Gasteiger partial charge on any atom is -0.399 e. The molecule has 0 aliphatic carbocycles. The molecular weight excluding hydrogens is 615 g/mol. The number of benzene rings is 4. The quantitative estimate of drug-likeness (QED) is 0.181. The molecule has 0 aliphatic rings. The molecule has 0 radical (unpaired) electrons. The van der Waals surface area contributed by atoms with Gasteiger partial charge >= 0.3 is 11.4 Å². The van der Waals surface area contributed by atoms with E-state index in [4.69, 9.17) is 11.5 Å². The lowest BCUT2D eigenvalue weighted by Gasteiger charge is -2.08. The summed E-state index contributed by atoms with van der Waals surface area (Å²) < 4.78 is 42.1. The Morgan fingerprint density at radius 2 is 1.00 bits per heavy atom. The zero-order valence-electron chi connectivity index (χ0n) is 22.7. The second kappa shape index (κ2) is 13.3. The van der Waals surface area contributed by atoms with Crippen molar-refractivity contribution in [3.63, 3.8) is 0 Å². The zero-order valence-corrected chi connectivity index (χ0v) is 23.5. The van der Waals surface area contributed by atoms with Crippen LogP contribution in [0.4, 0.5) is 30.2 Å². The average molecular weight is 642 g/mol. The van der Waals surface area contributed by atoms with Gasteiger partial charge in [-0.25, -0.2) is 31.9 Å². The third-order valence-corrected chi connectivity index (χ3v) is 6.50. The summed E-state index contributed by atoms with van der Waals surface area (Å²) in [6.45, 7) is 0. The Bertz CT molecular complexity index is 2260. The zero-order chi connectivity index (χ0) is 31.0. The monoisotopic (exact) mass is 641 g/mol. The fourth-order valence-corrected chi connectivity index (χ4v) is 4.36. The molecule has 0 aliphatic heterocycles. The minimum atomic E-state index is -1.16. The highest BCUT2D eigenvalue weighted by Crippen LogP contribution is 2.19. The average Bonchev–Trinajstić information content (AvgIpc) is 2.97. The summed E-state index contributed by atoms with van der Waals surface area (Å²) in [5, 5.41) is 2.63. The van der Waals surface area contributed by atoms with Crippen LogP contribution in [0.5, 0.6) is 0 Å². The van der Waals surface area contributed by atoms with E-state index in [1.807, 2.05) is 0 Å². The normalized spacial score (nSPS) is 10.4. The maximum Gasteiger partial charge on any atom is 0.333 e. The van der Waals surface area contributed by atoms with Gasteiger partial charge in [0.15, 0.2) is 11.6 Å². The van der Waals surface area contributed by atoms with E-state index in [-0.39, 0.29) is 53.0 Å². The first kappa shape index (κ1) is 33.7. The molecule has 0 spiro atoms. The molecule has 234 valence electrons. The summed E-state index contributed by atoms with van der Waals surface area (Å²) in [4.78, 5) is 53.9. The van der Waals surface area contributed by atoms with Crippen molar-refractivity contribution in [3.05, 3.63) is 132 Å². The van der Waals surface area contributed by atoms with Crippen LogP contribution in [0.1, 0.15) is 7.43 Å². The van der Waals surface area contributed by atoms with Gasteiger partial charge in [0.1, 0.15) is 5.82 Å². The summed E-state index contributed by atoms with van der Waals surface area (Å²) in [5.74, 6) is -2.86. The number of halogens is 4. The van der Waals surface area contributed by atoms with Gasteiger partial charge in [-0.3, -0.25) is 9.59 Å². The maximum absolute atomic E-state index is 13.9. The second-order valence-corrected chi connectivity index (χ2v) is 9.26. The van der Waals surface area contributed by atoms with E-state index in [1.165, 1.54) is 30.3 Å². The predicted molar refractivity (Wildman–Crippen MR) is 173 cm³/mol. The first-order chi connectivity index (χ1) is 20.5. The molecule has 4 aromatic carbocycles. The molecular formula is C30H27ClF3N7O4. The Balaban J connectivity index is 0.000000235. The number of nitrogen functional groups attached to an aromatic ring is 2. The highest BCUT2D eigenvalue weighted by Gasteiger charge is 2.14. The van der Waals surface area contributed by atoms with E-state index in [0.29, 0.717) is 17.1 Å². The van der Waals surface area contributed by atoms with Crippen molar-refractivity contribution in [1.82, 2.24) is 19.1 Å². The van der Waals surface area contributed by atoms with Crippen LogP contribution >= 0.6 is 12.4 Å². The van der Waals surface area contributed by atoms with Crippen molar-refractivity contribution >= 4 is 51.3 Å². The standard InChI is InChI=1S/C15H13FN4O2.C14H9F2N3O2.CH4.ClH/c1-18-13-7-12-10(6-11(13)16)14(21)20(15(22)19-12)9-4-2-8(17)3-5-9;15-10-5-9-12(6-11(10)16)18-14(21)19(13(9)20)8-3-1-7(17)2-4-8;;/h2-7,18H,17H2,1H3,(H,19,22);1-6H,17H2,(H,18,21);1H4;1H. The number of nitrogens with zero attached hydrogens (tertiary/aromatic N) is 2. The number of hydrogen-bond donors (Lipinski definition) is 5. The van der Waals surface area contributed by atoms with Gasteiger partial charge in [-0.05, 0) is 66.7 Å². The number of nitrogens with one attached hydrogen (secondary N) is 3. The molecule has 0 fully saturated rings. The number of anilines is 3. The highest BCUT2D eigenvalue weighted by molar-refractivity contribution is 5.85. The van der Waals surface area contributed by atoms with Crippen LogP contribution in [0, 0.1) is 17.5 Å². The predicted octanol–water partition coefficient (Wildman–Crippen LogP) is 4.04. The lowest BCUT2D eigenvalue weighted by atomic mass is 10.2. The van der Waals surface area contributed by atoms with E-state index in [0.717, 1.165) is 27.3 Å². The van der Waals surface area contributed by atoms with Gasteiger partial charge in [0.05, 0.1) is 38.9 Å². The molecule has 6 aromatic rings. The van der Waals surface area contributed by atoms with Gasteiger partial charge in [-0.1, -0.05) is 7.43 Å². The molecule has 7 N–H and O–H groups in total. The van der Waals surface area contributed by atoms with E-state index in [2.05, 4.69) is 15.3 Å². The van der Waals surface area contributed by atoms with Crippen molar-refractivity contribution in [2.75, 3.05) is 23.8 Å². The number of aromatic nitrogens is 4. The van der Waals surface area contributed by atoms with Crippen molar-refractivity contribution < 1.29 is 13.2 Å². The summed E-state index contributed by atoms with van der Waals surface area (Å²) in [6, 6.07) is 16.3. The molecule has 11 nitrogen and oxygen atoms in total. The van der Waals surface area contributed by atoms with Crippen LogP contribution in [-0.2, 0) is 0 Å². The molecule has 15 heteroatoms. The molecule has 6 rings (SSSR count). The number of H-pyrrole nitrogens is 2. The minimum absolute atomic E-state index is 0. The lowest BCUT2D eigenvalue weighted by molar-refractivity contribution is 0.510. The largest absolute Gasteiger partial charge is 0.399 e. The summed E-state index contributed by atoms with van der Waals surface area (Å²) in [7, 11) is 1.55. The summed E-state index contributed by atoms with van der Waals surface area (Å²) in [6.07, 6.45) is 0. The molecule has 0 unspecified atom stereocenters. The summed E-state index contributed by atoms with van der Waals surface area (Å²) in [5.41, 5.74) is 10.5. The molecule has 0 amide bonds. The van der Waals surface area contributed by atoms with Crippen LogP contribution < -0.4 is 39.3 Å². The van der Waals surface area contributed by atoms with Crippen molar-refractivity contribution in [2.24, 2.45) is 0 Å². The first-order valence-corrected chi connectivity index (χ1v) is 12.5. The van der Waals surface area contributed by atoms with Crippen LogP contribution in [0.2, 0.25) is 0 Å². The van der Waals surface area contributed by atoms with Gasteiger partial charge in [-0.15, -0.1) is 12.4 Å². The van der Waals surface area contributed by atoms with E-state index >= 15 is 0 Å². The fourth-order valence-electron chi connectivity index (χ4n) is 4.36. The highest BCUT2D eigenvalue weighted by atomic mass is 35.5. The van der Waals surface area contributed by atoms with Crippen LogP contribution in [0.15, 0.2) is 92.0 Å². The second-order valence-electron chi connectivity index (χ2n) is 9.26. The molecule has 0 atom stereocenters. The summed E-state index contributed by atoms with van der Waals surface area (Å²) >= 11 is 0. The molecule has 45 heavy (non-hydrogen) atoms. The third kappa shape index (κ3) is 6.45. The van der Waals surface area contributed by atoms with Gasteiger partial charge in [-0.2, -0.15) is 0 Å². The number of fused-ring (bicyclic) bond motifs is 2. The molecule has 2 heterocycles. The molecule has 2 aromatic heterocycles. The number of nitrogens with two attached hydrogens (primary N) is 2. The van der Waals surface area contributed by atoms with Crippen LogP contribution in [0.25, 0.3) is 33.2 Å². The number of hydrogen-bond acceptors (Lipinski definition) is 7. The van der Waals surface area contributed by atoms with Crippen molar-refractivity contribution in [2.45, 2.75) is 7.43 Å². The van der Waals surface area contributed by atoms with Gasteiger partial charge in [0, 0.05) is 24.5 Å². The van der Waals surface area contributed by atoms with Crippen molar-refractivity contribution in [3.8, 4) is 11.4 Å². The number of rotatable bonds is 3. The Morgan fingerprint density at radius 3 is 1.42 bits per heavy atom. The van der Waals surface area contributed by atoms with E-state index < -0.39 is 39.9 Å². The van der Waals surface area contributed by atoms with Crippen molar-refractivity contribution in [1.29, 1.82) is 0 Å². The van der Waals surface area contributed by atoms with E-state index in [1.54, 1.807) is 31.3 Å². The Morgan fingerprint density at radius 1 is 0.622 bits per heavy atom. The van der Waals surface area contributed by atoms with E-state index in [9.17, 15) is 32.3 Å².